The molecule has 0 aliphatic heterocycles. The molecule has 258 valence electrons. The SMILES string of the molecule is CSCC[C@H](NC=O)C(=O)N[C@@H](CC(C)C)C(=O)N[C@@H](Cc1ccccc1)C(=O)NCCOCCOCCNC(=O)CCC(=O)O. The lowest BCUT2D eigenvalue weighted by atomic mass is 10.0. The van der Waals surface area contributed by atoms with Crippen molar-refractivity contribution in [3.8, 4) is 0 Å². The number of aliphatic carboxylic acids is 1. The van der Waals surface area contributed by atoms with E-state index in [-0.39, 0.29) is 70.6 Å². The molecule has 46 heavy (non-hydrogen) atoms. The van der Waals surface area contributed by atoms with Crippen LogP contribution in [0.2, 0.25) is 0 Å². The van der Waals surface area contributed by atoms with Crippen LogP contribution in [0.1, 0.15) is 45.1 Å². The van der Waals surface area contributed by atoms with E-state index in [2.05, 4.69) is 26.6 Å². The summed E-state index contributed by atoms with van der Waals surface area (Å²) in [6, 6.07) is 6.63. The quantitative estimate of drug-likeness (QED) is 0.0587. The standard InChI is InChI=1S/C31H49N5O9S/c1-22(2)19-25(35-30(42)24(34-21-37)11-18-46-3)31(43)36-26(20-23-7-5-4-6-8-23)29(41)33-13-15-45-17-16-44-14-12-32-27(38)9-10-28(39)40/h4-8,21-22,24-26H,9-20H2,1-3H3,(H,32,38)(H,33,41)(H,34,37)(H,35,42)(H,36,43)(H,39,40)/t24-,25-,26-/m0/s1. The smallest absolute Gasteiger partial charge is 0.303 e. The molecular formula is C31H49N5O9S. The van der Waals surface area contributed by atoms with Crippen molar-refractivity contribution in [3.63, 3.8) is 0 Å². The van der Waals surface area contributed by atoms with Crippen LogP contribution in [-0.4, -0.2) is 111 Å². The van der Waals surface area contributed by atoms with Gasteiger partial charge in [0, 0.05) is 25.9 Å². The fraction of sp³-hybridized carbons (Fsp3) is 0.613. The van der Waals surface area contributed by atoms with E-state index >= 15 is 0 Å². The van der Waals surface area contributed by atoms with Crippen LogP contribution in [-0.2, 0) is 44.7 Å². The van der Waals surface area contributed by atoms with Gasteiger partial charge in [-0.3, -0.25) is 28.8 Å². The highest BCUT2D eigenvalue weighted by Gasteiger charge is 2.29. The molecule has 14 nitrogen and oxygen atoms in total. The number of nitrogens with one attached hydrogen (secondary N) is 5. The van der Waals surface area contributed by atoms with E-state index in [4.69, 9.17) is 14.6 Å². The second-order valence-electron chi connectivity index (χ2n) is 10.8. The van der Waals surface area contributed by atoms with E-state index in [1.165, 1.54) is 11.8 Å². The molecule has 0 bridgehead atoms. The van der Waals surface area contributed by atoms with Gasteiger partial charge < -0.3 is 41.2 Å². The van der Waals surface area contributed by atoms with Crippen molar-refractivity contribution in [2.24, 2.45) is 5.92 Å². The Kier molecular flexibility index (Phi) is 21.5. The number of amides is 5. The van der Waals surface area contributed by atoms with E-state index in [0.717, 1.165) is 5.56 Å². The number of benzene rings is 1. The molecule has 15 heteroatoms. The van der Waals surface area contributed by atoms with Crippen molar-refractivity contribution >= 4 is 47.8 Å². The van der Waals surface area contributed by atoms with Crippen LogP contribution in [0, 0.1) is 5.92 Å². The summed E-state index contributed by atoms with van der Waals surface area (Å²) in [4.78, 5) is 72.6. The molecule has 0 aliphatic carbocycles. The first-order chi connectivity index (χ1) is 22.1. The molecule has 0 aliphatic rings. The summed E-state index contributed by atoms with van der Waals surface area (Å²) in [5.41, 5.74) is 0.839. The first-order valence-corrected chi connectivity index (χ1v) is 16.7. The van der Waals surface area contributed by atoms with E-state index in [1.807, 2.05) is 50.4 Å². The number of carboxylic acid groups (broad SMARTS) is 1. The number of rotatable bonds is 26. The zero-order chi connectivity index (χ0) is 34.2. The number of carboxylic acids is 1. The van der Waals surface area contributed by atoms with Crippen molar-refractivity contribution in [2.45, 2.75) is 64.1 Å². The van der Waals surface area contributed by atoms with Crippen LogP contribution >= 0.6 is 11.8 Å². The maximum Gasteiger partial charge on any atom is 0.303 e. The minimum absolute atomic E-state index is 0.0600. The summed E-state index contributed by atoms with van der Waals surface area (Å²) < 4.78 is 10.9. The Balaban J connectivity index is 2.65. The molecule has 1 aromatic rings. The highest BCUT2D eigenvalue weighted by atomic mass is 32.2. The third-order valence-electron chi connectivity index (χ3n) is 6.50. The molecule has 1 rings (SSSR count). The number of hydrogen-bond donors (Lipinski definition) is 6. The third kappa shape index (κ3) is 19.0. The van der Waals surface area contributed by atoms with Gasteiger partial charge in [0.1, 0.15) is 18.1 Å². The minimum Gasteiger partial charge on any atom is -0.481 e. The average Bonchev–Trinajstić information content (AvgIpc) is 3.02. The number of ether oxygens (including phenoxy) is 2. The number of hydrogen-bond acceptors (Lipinski definition) is 9. The number of carbonyl (C=O) groups excluding carboxylic acids is 5. The van der Waals surface area contributed by atoms with Gasteiger partial charge in [-0.1, -0.05) is 44.2 Å². The first kappa shape index (κ1) is 40.3. The average molecular weight is 668 g/mol. The van der Waals surface area contributed by atoms with E-state index in [9.17, 15) is 28.8 Å². The second-order valence-corrected chi connectivity index (χ2v) is 11.8. The summed E-state index contributed by atoms with van der Waals surface area (Å²) in [6.45, 7) is 5.21. The van der Waals surface area contributed by atoms with Crippen LogP contribution in [0.5, 0.6) is 0 Å². The summed E-state index contributed by atoms with van der Waals surface area (Å²) in [7, 11) is 0. The van der Waals surface area contributed by atoms with Gasteiger partial charge in [0.25, 0.3) is 0 Å². The van der Waals surface area contributed by atoms with Crippen LogP contribution in [0.3, 0.4) is 0 Å². The summed E-state index contributed by atoms with van der Waals surface area (Å²) in [5, 5.41) is 22.0. The van der Waals surface area contributed by atoms with Gasteiger partial charge in [0.15, 0.2) is 0 Å². The van der Waals surface area contributed by atoms with Crippen molar-refractivity contribution in [1.29, 1.82) is 0 Å². The fourth-order valence-electron chi connectivity index (χ4n) is 4.18. The normalized spacial score (nSPS) is 12.8. The Morgan fingerprint density at radius 2 is 1.43 bits per heavy atom. The lowest BCUT2D eigenvalue weighted by Gasteiger charge is -2.26. The lowest BCUT2D eigenvalue weighted by Crippen LogP contribution is -2.57. The second kappa shape index (κ2) is 24.5. The summed E-state index contributed by atoms with van der Waals surface area (Å²) in [5.74, 6) is -2.06. The molecule has 0 heterocycles. The van der Waals surface area contributed by atoms with Crippen LogP contribution in [0.25, 0.3) is 0 Å². The number of thioether (sulfide) groups is 1. The highest BCUT2D eigenvalue weighted by Crippen LogP contribution is 2.09. The molecule has 0 unspecified atom stereocenters. The Morgan fingerprint density at radius 1 is 0.826 bits per heavy atom. The summed E-state index contributed by atoms with van der Waals surface area (Å²) in [6.07, 6.45) is 3.01. The topological polar surface area (TPSA) is 201 Å². The van der Waals surface area contributed by atoms with Crippen molar-refractivity contribution in [2.75, 3.05) is 51.5 Å². The van der Waals surface area contributed by atoms with Gasteiger partial charge in [-0.05, 0) is 36.3 Å². The van der Waals surface area contributed by atoms with Crippen LogP contribution in [0.4, 0.5) is 0 Å². The molecule has 6 N–H and O–H groups in total. The van der Waals surface area contributed by atoms with Gasteiger partial charge in [0.05, 0.1) is 32.8 Å². The Bertz CT molecular complexity index is 1080. The first-order valence-electron chi connectivity index (χ1n) is 15.3. The molecule has 0 aromatic heterocycles. The largest absolute Gasteiger partial charge is 0.481 e. The third-order valence-corrected chi connectivity index (χ3v) is 7.15. The van der Waals surface area contributed by atoms with Crippen molar-refractivity contribution in [3.05, 3.63) is 35.9 Å². The molecule has 3 atom stereocenters. The molecule has 0 spiro atoms. The van der Waals surface area contributed by atoms with Gasteiger partial charge in [-0.2, -0.15) is 11.8 Å². The number of carbonyl (C=O) groups is 6. The summed E-state index contributed by atoms with van der Waals surface area (Å²) >= 11 is 1.54. The highest BCUT2D eigenvalue weighted by molar-refractivity contribution is 7.98. The molecule has 0 fully saturated rings. The monoisotopic (exact) mass is 667 g/mol. The predicted molar refractivity (Wildman–Crippen MR) is 174 cm³/mol. The molecule has 0 saturated carbocycles. The van der Waals surface area contributed by atoms with Crippen LogP contribution in [0.15, 0.2) is 30.3 Å². The minimum atomic E-state index is -1.03. The van der Waals surface area contributed by atoms with E-state index in [0.29, 0.717) is 25.0 Å². The molecule has 5 amide bonds. The maximum absolute atomic E-state index is 13.4. The van der Waals surface area contributed by atoms with Gasteiger partial charge in [-0.25, -0.2) is 0 Å². The van der Waals surface area contributed by atoms with Gasteiger partial charge in [-0.15, -0.1) is 0 Å². The fourth-order valence-corrected chi connectivity index (χ4v) is 4.65. The Morgan fingerprint density at radius 3 is 2.02 bits per heavy atom. The maximum atomic E-state index is 13.4. The molecule has 0 saturated heterocycles. The molecule has 0 radical (unpaired) electrons. The van der Waals surface area contributed by atoms with E-state index in [1.54, 1.807) is 0 Å². The Hall–Kier alpha value is -3.69. The van der Waals surface area contributed by atoms with Crippen molar-refractivity contribution in [1.82, 2.24) is 26.6 Å². The predicted octanol–water partition coefficient (Wildman–Crippen LogP) is 0.243. The Labute approximate surface area is 274 Å². The van der Waals surface area contributed by atoms with Crippen LogP contribution < -0.4 is 26.6 Å². The molecule has 1 aromatic carbocycles. The van der Waals surface area contributed by atoms with Gasteiger partial charge >= 0.3 is 5.97 Å². The zero-order valence-electron chi connectivity index (χ0n) is 26.9. The lowest BCUT2D eigenvalue weighted by molar-refractivity contribution is -0.138. The molecular weight excluding hydrogens is 618 g/mol. The van der Waals surface area contributed by atoms with Gasteiger partial charge in [0.2, 0.25) is 30.0 Å². The van der Waals surface area contributed by atoms with E-state index < -0.39 is 41.8 Å². The van der Waals surface area contributed by atoms with Crippen molar-refractivity contribution < 1.29 is 43.3 Å². The zero-order valence-corrected chi connectivity index (χ0v) is 27.7.